The van der Waals surface area contributed by atoms with Crippen molar-refractivity contribution in [2.75, 3.05) is 23.4 Å². The van der Waals surface area contributed by atoms with Crippen molar-refractivity contribution in [3.63, 3.8) is 0 Å². The summed E-state index contributed by atoms with van der Waals surface area (Å²) >= 11 is 3.02. The van der Waals surface area contributed by atoms with Crippen LogP contribution in [0.5, 0.6) is 0 Å². The van der Waals surface area contributed by atoms with Gasteiger partial charge >= 0.3 is 5.97 Å². The highest BCUT2D eigenvalue weighted by Gasteiger charge is 2.29. The zero-order chi connectivity index (χ0) is 16.8. The van der Waals surface area contributed by atoms with E-state index in [9.17, 15) is 9.59 Å². The first-order valence-electron chi connectivity index (χ1n) is 7.86. The highest BCUT2D eigenvalue weighted by Crippen LogP contribution is 2.40. The lowest BCUT2D eigenvalue weighted by Crippen LogP contribution is -2.17. The first-order chi connectivity index (χ1) is 11.1. The summed E-state index contributed by atoms with van der Waals surface area (Å²) < 4.78 is 5.20. The minimum absolute atomic E-state index is 0.0888. The van der Waals surface area contributed by atoms with Gasteiger partial charge in [0.2, 0.25) is 5.91 Å². The van der Waals surface area contributed by atoms with E-state index < -0.39 is 0 Å². The Labute approximate surface area is 145 Å². The van der Waals surface area contributed by atoms with Crippen molar-refractivity contribution < 1.29 is 14.3 Å². The summed E-state index contributed by atoms with van der Waals surface area (Å²) in [7, 11) is 0. The summed E-state index contributed by atoms with van der Waals surface area (Å²) in [6.07, 6.45) is 4.68. The largest absolute Gasteiger partial charge is 0.462 e. The van der Waals surface area contributed by atoms with Crippen LogP contribution in [0.25, 0.3) is 0 Å². The molecular weight excluding hydrogens is 330 g/mol. The van der Waals surface area contributed by atoms with Gasteiger partial charge in [-0.2, -0.15) is 0 Å². The van der Waals surface area contributed by atoms with Crippen LogP contribution in [-0.2, 0) is 22.4 Å². The van der Waals surface area contributed by atoms with Crippen LogP contribution in [0.15, 0.2) is 12.7 Å². The Hall–Kier alpha value is -1.27. The molecule has 6 heteroatoms. The number of hydrogen-bond acceptors (Lipinski definition) is 5. The number of carbonyl (C=O) groups is 2. The third-order valence-corrected chi connectivity index (χ3v) is 5.82. The zero-order valence-electron chi connectivity index (χ0n) is 13.6. The Bertz CT molecular complexity index is 595. The van der Waals surface area contributed by atoms with Gasteiger partial charge in [-0.15, -0.1) is 29.7 Å². The van der Waals surface area contributed by atoms with E-state index in [1.54, 1.807) is 13.0 Å². The van der Waals surface area contributed by atoms with Gasteiger partial charge in [-0.25, -0.2) is 4.79 Å². The van der Waals surface area contributed by atoms with Gasteiger partial charge in [0.1, 0.15) is 5.00 Å². The SMILES string of the molecule is C=CCSCC(=O)Nc1sc2c(c1C(=O)OCC)CCC(C)C2. The van der Waals surface area contributed by atoms with E-state index >= 15 is 0 Å². The molecule has 1 N–H and O–H groups in total. The summed E-state index contributed by atoms with van der Waals surface area (Å²) in [5, 5.41) is 3.55. The molecule has 4 nitrogen and oxygen atoms in total. The van der Waals surface area contributed by atoms with Crippen molar-refractivity contribution in [3.05, 3.63) is 28.7 Å². The number of nitrogens with one attached hydrogen (secondary N) is 1. The summed E-state index contributed by atoms with van der Waals surface area (Å²) in [6, 6.07) is 0. The Balaban J connectivity index is 2.21. The Morgan fingerprint density at radius 1 is 1.52 bits per heavy atom. The van der Waals surface area contributed by atoms with E-state index in [1.807, 2.05) is 0 Å². The quantitative estimate of drug-likeness (QED) is 0.459. The van der Waals surface area contributed by atoms with E-state index in [0.717, 1.165) is 30.6 Å². The molecule has 0 bridgehead atoms. The summed E-state index contributed by atoms with van der Waals surface area (Å²) in [6.45, 7) is 7.99. The average Bonchev–Trinajstić information content (AvgIpc) is 2.84. The number of hydrogen-bond donors (Lipinski definition) is 1. The van der Waals surface area contributed by atoms with Crippen LogP contribution in [0, 0.1) is 5.92 Å². The topological polar surface area (TPSA) is 55.4 Å². The predicted octanol–water partition coefficient (Wildman–Crippen LogP) is 3.91. The molecule has 0 radical (unpaired) electrons. The maximum Gasteiger partial charge on any atom is 0.341 e. The maximum atomic E-state index is 12.3. The number of rotatable bonds is 7. The summed E-state index contributed by atoms with van der Waals surface area (Å²) in [5.74, 6) is 1.29. The van der Waals surface area contributed by atoms with Gasteiger partial charge in [0.15, 0.2) is 0 Å². The third-order valence-electron chi connectivity index (χ3n) is 3.71. The molecule has 1 aliphatic rings. The number of esters is 1. The van der Waals surface area contributed by atoms with Crippen molar-refractivity contribution in [3.8, 4) is 0 Å². The van der Waals surface area contributed by atoms with Crippen LogP contribution in [0.4, 0.5) is 5.00 Å². The fraction of sp³-hybridized carbons (Fsp3) is 0.529. The van der Waals surface area contributed by atoms with Crippen LogP contribution in [0.2, 0.25) is 0 Å². The molecule has 0 aliphatic heterocycles. The number of thioether (sulfide) groups is 1. The minimum Gasteiger partial charge on any atom is -0.462 e. The standard InChI is InChI=1S/C17H23NO3S2/c1-4-8-22-10-14(19)18-16-15(17(20)21-5-2)12-7-6-11(3)9-13(12)23-16/h4,11H,1,5-10H2,2-3H3,(H,18,19). The highest BCUT2D eigenvalue weighted by molar-refractivity contribution is 8.00. The Kier molecular flexibility index (Phi) is 6.72. The molecule has 0 saturated heterocycles. The van der Waals surface area contributed by atoms with E-state index in [-0.39, 0.29) is 11.9 Å². The van der Waals surface area contributed by atoms with Crippen LogP contribution in [-0.4, -0.2) is 30.0 Å². The molecule has 1 heterocycles. The second kappa shape index (κ2) is 8.55. The molecule has 1 amide bonds. The fourth-order valence-corrected chi connectivity index (χ4v) is 4.61. The van der Waals surface area contributed by atoms with Crippen LogP contribution in [0.3, 0.4) is 0 Å². The smallest absolute Gasteiger partial charge is 0.341 e. The van der Waals surface area contributed by atoms with Crippen molar-refractivity contribution in [2.45, 2.75) is 33.1 Å². The molecule has 1 aliphatic carbocycles. The first kappa shape index (κ1) is 18.1. The molecular formula is C17H23NO3S2. The Morgan fingerprint density at radius 2 is 2.30 bits per heavy atom. The van der Waals surface area contributed by atoms with E-state index in [4.69, 9.17) is 4.74 Å². The number of thiophene rings is 1. The van der Waals surface area contributed by atoms with Gasteiger partial charge in [-0.3, -0.25) is 4.79 Å². The zero-order valence-corrected chi connectivity index (χ0v) is 15.3. The lowest BCUT2D eigenvalue weighted by Gasteiger charge is -2.18. The maximum absolute atomic E-state index is 12.3. The molecule has 1 unspecified atom stereocenters. The van der Waals surface area contributed by atoms with Crippen LogP contribution < -0.4 is 5.32 Å². The number of carbonyl (C=O) groups excluding carboxylic acids is 2. The van der Waals surface area contributed by atoms with E-state index in [0.29, 0.717) is 28.8 Å². The van der Waals surface area contributed by atoms with E-state index in [1.165, 1.54) is 28.0 Å². The summed E-state index contributed by atoms with van der Waals surface area (Å²) in [4.78, 5) is 25.6. The molecule has 1 aromatic heterocycles. The van der Waals surface area contributed by atoms with Gasteiger partial charge in [-0.1, -0.05) is 13.0 Å². The molecule has 126 valence electrons. The molecule has 1 aromatic rings. The number of ether oxygens (including phenoxy) is 1. The number of fused-ring (bicyclic) bond motifs is 1. The minimum atomic E-state index is -0.325. The molecule has 1 atom stereocenters. The van der Waals surface area contributed by atoms with Crippen LogP contribution in [0.1, 0.15) is 41.1 Å². The van der Waals surface area contributed by atoms with Gasteiger partial charge in [0.05, 0.1) is 17.9 Å². The predicted molar refractivity (Wildman–Crippen MR) is 97.6 cm³/mol. The Morgan fingerprint density at radius 3 is 3.00 bits per heavy atom. The summed E-state index contributed by atoms with van der Waals surface area (Å²) in [5.41, 5.74) is 1.64. The molecule has 23 heavy (non-hydrogen) atoms. The highest BCUT2D eigenvalue weighted by atomic mass is 32.2. The first-order valence-corrected chi connectivity index (χ1v) is 9.84. The lowest BCUT2D eigenvalue weighted by molar-refractivity contribution is -0.113. The van der Waals surface area contributed by atoms with Crippen LogP contribution >= 0.6 is 23.1 Å². The van der Waals surface area contributed by atoms with Crippen molar-refractivity contribution >= 4 is 40.0 Å². The van der Waals surface area contributed by atoms with Gasteiger partial charge in [0.25, 0.3) is 0 Å². The van der Waals surface area contributed by atoms with Crippen molar-refractivity contribution in [1.29, 1.82) is 0 Å². The van der Waals surface area contributed by atoms with Crippen molar-refractivity contribution in [2.24, 2.45) is 5.92 Å². The van der Waals surface area contributed by atoms with Crippen molar-refractivity contribution in [1.82, 2.24) is 0 Å². The van der Waals surface area contributed by atoms with Gasteiger partial charge < -0.3 is 10.1 Å². The van der Waals surface area contributed by atoms with Gasteiger partial charge in [-0.05, 0) is 37.7 Å². The third kappa shape index (κ3) is 4.61. The second-order valence-corrected chi connectivity index (χ2v) is 7.76. The molecule has 2 rings (SSSR count). The fourth-order valence-electron chi connectivity index (χ4n) is 2.66. The number of anilines is 1. The van der Waals surface area contributed by atoms with Gasteiger partial charge in [0, 0.05) is 10.6 Å². The van der Waals surface area contributed by atoms with E-state index in [2.05, 4.69) is 18.8 Å². The average molecular weight is 354 g/mol. The molecule has 0 aromatic carbocycles. The monoisotopic (exact) mass is 353 g/mol. The molecule has 0 saturated carbocycles. The second-order valence-electron chi connectivity index (χ2n) is 5.63. The number of amides is 1. The normalized spacial score (nSPS) is 16.5. The molecule has 0 fully saturated rings. The molecule has 0 spiro atoms. The lowest BCUT2D eigenvalue weighted by atomic mass is 9.88.